The Morgan fingerprint density at radius 1 is 1.33 bits per heavy atom. The van der Waals surface area contributed by atoms with Crippen molar-refractivity contribution < 1.29 is 0 Å². The highest BCUT2D eigenvalue weighted by Crippen LogP contribution is 2.32. The van der Waals surface area contributed by atoms with E-state index < -0.39 is 0 Å². The van der Waals surface area contributed by atoms with Gasteiger partial charge in [0.05, 0.1) is 5.69 Å². The smallest absolute Gasteiger partial charge is 0.133 e. The molecule has 1 aliphatic rings. The van der Waals surface area contributed by atoms with Gasteiger partial charge in [0.2, 0.25) is 0 Å². The van der Waals surface area contributed by atoms with Crippen molar-refractivity contribution in [3.63, 3.8) is 0 Å². The number of anilines is 1. The summed E-state index contributed by atoms with van der Waals surface area (Å²) in [4.78, 5) is 8.72. The standard InChI is InChI=1S/C8H11N3S/c1-5-10-7-4-12-3-6(7)8(9-2)11-5/h3-4H2,1-2H3,(H,9,10,11). The minimum atomic E-state index is 0.862. The molecule has 2 heterocycles. The van der Waals surface area contributed by atoms with Gasteiger partial charge >= 0.3 is 0 Å². The molecule has 0 saturated carbocycles. The fraction of sp³-hybridized carbons (Fsp3) is 0.500. The molecule has 0 radical (unpaired) electrons. The maximum Gasteiger partial charge on any atom is 0.133 e. The molecule has 0 aliphatic carbocycles. The van der Waals surface area contributed by atoms with E-state index in [0.29, 0.717) is 0 Å². The van der Waals surface area contributed by atoms with Crippen molar-refractivity contribution in [2.75, 3.05) is 12.4 Å². The number of nitrogens with one attached hydrogen (secondary N) is 1. The summed E-state index contributed by atoms with van der Waals surface area (Å²) in [6, 6.07) is 0. The van der Waals surface area contributed by atoms with Crippen LogP contribution in [0.15, 0.2) is 0 Å². The molecule has 0 aromatic carbocycles. The van der Waals surface area contributed by atoms with Crippen molar-refractivity contribution in [2.45, 2.75) is 18.4 Å². The molecule has 0 saturated heterocycles. The topological polar surface area (TPSA) is 37.8 Å². The Labute approximate surface area is 76.0 Å². The summed E-state index contributed by atoms with van der Waals surface area (Å²) in [5, 5.41) is 3.10. The van der Waals surface area contributed by atoms with Crippen LogP contribution in [-0.2, 0) is 11.5 Å². The largest absolute Gasteiger partial charge is 0.373 e. The zero-order valence-electron chi connectivity index (χ0n) is 7.22. The third kappa shape index (κ3) is 1.16. The van der Waals surface area contributed by atoms with E-state index in [2.05, 4.69) is 15.3 Å². The third-order valence-electron chi connectivity index (χ3n) is 1.93. The zero-order chi connectivity index (χ0) is 8.55. The van der Waals surface area contributed by atoms with Crippen LogP contribution in [0.2, 0.25) is 0 Å². The fourth-order valence-electron chi connectivity index (χ4n) is 1.38. The van der Waals surface area contributed by atoms with Gasteiger partial charge in [-0.2, -0.15) is 11.8 Å². The second kappa shape index (κ2) is 2.94. The molecule has 0 bridgehead atoms. The van der Waals surface area contributed by atoms with E-state index >= 15 is 0 Å². The molecule has 1 N–H and O–H groups in total. The lowest BCUT2D eigenvalue weighted by Crippen LogP contribution is -2.02. The molecule has 0 amide bonds. The first-order valence-electron chi connectivity index (χ1n) is 3.93. The van der Waals surface area contributed by atoms with E-state index in [-0.39, 0.29) is 0 Å². The van der Waals surface area contributed by atoms with Crippen LogP contribution in [0.3, 0.4) is 0 Å². The van der Waals surface area contributed by atoms with Crippen LogP contribution in [0.4, 0.5) is 5.82 Å². The number of aryl methyl sites for hydroxylation is 1. The van der Waals surface area contributed by atoms with Gasteiger partial charge in [0.1, 0.15) is 11.6 Å². The Morgan fingerprint density at radius 2 is 2.17 bits per heavy atom. The van der Waals surface area contributed by atoms with Crippen LogP contribution in [0, 0.1) is 6.92 Å². The molecule has 1 aromatic heterocycles. The first-order chi connectivity index (χ1) is 5.81. The van der Waals surface area contributed by atoms with Crippen molar-refractivity contribution in [3.8, 4) is 0 Å². The van der Waals surface area contributed by atoms with E-state index in [0.717, 1.165) is 23.1 Å². The summed E-state index contributed by atoms with van der Waals surface area (Å²) in [6.07, 6.45) is 0. The van der Waals surface area contributed by atoms with Gasteiger partial charge in [0, 0.05) is 24.1 Å². The molecule has 0 spiro atoms. The van der Waals surface area contributed by atoms with Crippen molar-refractivity contribution in [1.29, 1.82) is 0 Å². The fourth-order valence-corrected chi connectivity index (χ4v) is 2.42. The van der Waals surface area contributed by atoms with E-state index in [1.807, 2.05) is 25.7 Å². The SMILES string of the molecule is CNc1nc(C)nc2c1CSC2. The molecule has 0 unspecified atom stereocenters. The summed E-state index contributed by atoms with van der Waals surface area (Å²) in [5.74, 6) is 3.95. The van der Waals surface area contributed by atoms with E-state index in [1.54, 1.807) is 0 Å². The average Bonchev–Trinajstić information content (AvgIpc) is 2.50. The quantitative estimate of drug-likeness (QED) is 0.713. The van der Waals surface area contributed by atoms with Crippen LogP contribution in [-0.4, -0.2) is 17.0 Å². The van der Waals surface area contributed by atoms with E-state index in [1.165, 1.54) is 11.3 Å². The summed E-state index contributed by atoms with van der Waals surface area (Å²) in [6.45, 7) is 1.93. The number of hydrogen-bond donors (Lipinski definition) is 1. The van der Waals surface area contributed by atoms with Crippen molar-refractivity contribution in [2.24, 2.45) is 0 Å². The molecule has 2 rings (SSSR count). The van der Waals surface area contributed by atoms with Gasteiger partial charge in [-0.1, -0.05) is 0 Å². The van der Waals surface area contributed by atoms with Gasteiger partial charge in [-0.25, -0.2) is 9.97 Å². The number of fused-ring (bicyclic) bond motifs is 1. The van der Waals surface area contributed by atoms with Gasteiger partial charge in [0.25, 0.3) is 0 Å². The molecular formula is C8H11N3S. The molecule has 4 heteroatoms. The zero-order valence-corrected chi connectivity index (χ0v) is 8.03. The molecular weight excluding hydrogens is 170 g/mol. The van der Waals surface area contributed by atoms with E-state index in [9.17, 15) is 0 Å². The third-order valence-corrected chi connectivity index (χ3v) is 2.90. The summed E-state index contributed by atoms with van der Waals surface area (Å²) >= 11 is 1.90. The summed E-state index contributed by atoms with van der Waals surface area (Å²) < 4.78 is 0. The highest BCUT2D eigenvalue weighted by atomic mass is 32.2. The highest BCUT2D eigenvalue weighted by Gasteiger charge is 2.17. The van der Waals surface area contributed by atoms with Crippen molar-refractivity contribution >= 4 is 17.6 Å². The molecule has 3 nitrogen and oxygen atoms in total. The second-order valence-electron chi connectivity index (χ2n) is 2.79. The molecule has 1 aromatic rings. The van der Waals surface area contributed by atoms with Crippen LogP contribution in [0.5, 0.6) is 0 Å². The predicted octanol–water partition coefficient (Wildman–Crippen LogP) is 1.57. The maximum absolute atomic E-state index is 4.39. The van der Waals surface area contributed by atoms with Crippen molar-refractivity contribution in [1.82, 2.24) is 9.97 Å². The predicted molar refractivity (Wildman–Crippen MR) is 51.3 cm³/mol. The minimum absolute atomic E-state index is 0.862. The molecule has 1 aliphatic heterocycles. The first kappa shape index (κ1) is 7.86. The Balaban J connectivity index is 2.55. The summed E-state index contributed by atoms with van der Waals surface area (Å²) in [7, 11) is 1.91. The molecule has 0 atom stereocenters. The Morgan fingerprint density at radius 3 is 2.92 bits per heavy atom. The first-order valence-corrected chi connectivity index (χ1v) is 5.08. The van der Waals surface area contributed by atoms with Crippen molar-refractivity contribution in [3.05, 3.63) is 17.1 Å². The lowest BCUT2D eigenvalue weighted by molar-refractivity contribution is 0.989. The number of nitrogens with zero attached hydrogens (tertiary/aromatic N) is 2. The minimum Gasteiger partial charge on any atom is -0.373 e. The normalized spacial score (nSPS) is 14.5. The van der Waals surface area contributed by atoms with Crippen LogP contribution < -0.4 is 5.32 Å². The van der Waals surface area contributed by atoms with E-state index in [4.69, 9.17) is 0 Å². The van der Waals surface area contributed by atoms with Gasteiger partial charge in [-0.05, 0) is 6.92 Å². The molecule has 0 fully saturated rings. The second-order valence-corrected chi connectivity index (χ2v) is 3.77. The van der Waals surface area contributed by atoms with Crippen LogP contribution in [0.1, 0.15) is 17.1 Å². The molecule has 64 valence electrons. The number of thioether (sulfide) groups is 1. The number of hydrogen-bond acceptors (Lipinski definition) is 4. The molecule has 12 heavy (non-hydrogen) atoms. The van der Waals surface area contributed by atoms with Gasteiger partial charge in [-0.3, -0.25) is 0 Å². The van der Waals surface area contributed by atoms with Crippen LogP contribution in [0.25, 0.3) is 0 Å². The van der Waals surface area contributed by atoms with Gasteiger partial charge < -0.3 is 5.32 Å². The monoisotopic (exact) mass is 181 g/mol. The van der Waals surface area contributed by atoms with Gasteiger partial charge in [-0.15, -0.1) is 0 Å². The maximum atomic E-state index is 4.39. The summed E-state index contributed by atoms with van der Waals surface area (Å²) in [5.41, 5.74) is 2.49. The lowest BCUT2D eigenvalue weighted by Gasteiger charge is -2.05. The average molecular weight is 181 g/mol. The number of aromatic nitrogens is 2. The Bertz CT molecular complexity index is 311. The lowest BCUT2D eigenvalue weighted by atomic mass is 10.2. The number of rotatable bonds is 1. The Kier molecular flexibility index (Phi) is 1.92. The highest BCUT2D eigenvalue weighted by molar-refractivity contribution is 7.98. The Hall–Kier alpha value is -0.770. The van der Waals surface area contributed by atoms with Crippen LogP contribution >= 0.6 is 11.8 Å². The van der Waals surface area contributed by atoms with Gasteiger partial charge in [0.15, 0.2) is 0 Å².